The first-order valence-corrected chi connectivity index (χ1v) is 12.5. The third kappa shape index (κ3) is 5.57. The molecule has 0 aliphatic carbocycles. The molecule has 1 N–H and O–H groups in total. The highest BCUT2D eigenvalue weighted by Crippen LogP contribution is 2.36. The van der Waals surface area contributed by atoms with Crippen molar-refractivity contribution in [2.45, 2.75) is 25.2 Å². The molecule has 0 saturated carbocycles. The molecule has 0 unspecified atom stereocenters. The Labute approximate surface area is 207 Å². The lowest BCUT2D eigenvalue weighted by atomic mass is 9.88. The molecule has 5 nitrogen and oxygen atoms in total. The van der Waals surface area contributed by atoms with Crippen molar-refractivity contribution in [2.24, 2.45) is 7.05 Å². The second kappa shape index (κ2) is 10.8. The molecule has 5 heteroatoms. The fourth-order valence-electron chi connectivity index (χ4n) is 5.09. The Morgan fingerprint density at radius 2 is 1.69 bits per heavy atom. The number of amides is 1. The van der Waals surface area contributed by atoms with Gasteiger partial charge >= 0.3 is 0 Å². The number of fused-ring (bicyclic) bond motifs is 1. The maximum Gasteiger partial charge on any atom is 0.220 e. The van der Waals surface area contributed by atoms with Crippen LogP contribution in [0.5, 0.6) is 11.5 Å². The van der Waals surface area contributed by atoms with Crippen LogP contribution in [0.15, 0.2) is 85.1 Å². The van der Waals surface area contributed by atoms with Crippen molar-refractivity contribution in [3.05, 3.63) is 96.2 Å². The fraction of sp³-hybridized carbons (Fsp3) is 0.300. The van der Waals surface area contributed by atoms with Gasteiger partial charge in [-0.3, -0.25) is 4.79 Å². The number of para-hydroxylation sites is 2. The van der Waals surface area contributed by atoms with E-state index >= 15 is 0 Å². The number of benzene rings is 3. The molecule has 1 aliphatic heterocycles. The molecule has 1 fully saturated rings. The van der Waals surface area contributed by atoms with Crippen molar-refractivity contribution in [3.8, 4) is 11.5 Å². The summed E-state index contributed by atoms with van der Waals surface area (Å²) < 4.78 is 8.26. The number of ether oxygens (including phenoxy) is 1. The van der Waals surface area contributed by atoms with Crippen molar-refractivity contribution in [1.29, 1.82) is 0 Å². The lowest BCUT2D eigenvalue weighted by molar-refractivity contribution is -0.121. The third-order valence-corrected chi connectivity index (χ3v) is 6.88. The second-order valence-electron chi connectivity index (χ2n) is 9.36. The first-order chi connectivity index (χ1) is 17.2. The van der Waals surface area contributed by atoms with Crippen LogP contribution in [-0.2, 0) is 11.8 Å². The van der Waals surface area contributed by atoms with Crippen molar-refractivity contribution < 1.29 is 9.53 Å². The van der Waals surface area contributed by atoms with Crippen LogP contribution in [0.1, 0.15) is 36.3 Å². The number of hydrogen-bond donors (Lipinski definition) is 1. The summed E-state index contributed by atoms with van der Waals surface area (Å²) in [6.07, 6.45) is 5.08. The van der Waals surface area contributed by atoms with Gasteiger partial charge < -0.3 is 19.5 Å². The zero-order valence-electron chi connectivity index (χ0n) is 20.3. The molecule has 1 atom stereocenters. The van der Waals surface area contributed by atoms with Gasteiger partial charge in [-0.25, -0.2) is 0 Å². The average Bonchev–Trinajstić information content (AvgIpc) is 3.52. The highest BCUT2D eigenvalue weighted by atomic mass is 16.5. The van der Waals surface area contributed by atoms with Gasteiger partial charge in [0.05, 0.1) is 0 Å². The van der Waals surface area contributed by atoms with Crippen LogP contribution >= 0.6 is 0 Å². The third-order valence-electron chi connectivity index (χ3n) is 6.88. The van der Waals surface area contributed by atoms with Crippen LogP contribution in [0.3, 0.4) is 0 Å². The standard InChI is InChI=1S/C30H33N3O2/c1-32-22-28(26-14-5-6-15-29(26)32)27(21-30(34)31-16-19-33-17-7-8-18-33)23-10-9-13-25(20-23)35-24-11-3-2-4-12-24/h2-6,9-15,20,22,27H,7-8,16-19,21H2,1H3,(H,31,34)/t27-/m1/s1. The number of aryl methyl sites for hydroxylation is 1. The maximum atomic E-state index is 13.1. The summed E-state index contributed by atoms with van der Waals surface area (Å²) in [5.41, 5.74) is 3.40. The van der Waals surface area contributed by atoms with Gasteiger partial charge in [0.15, 0.2) is 0 Å². The van der Waals surface area contributed by atoms with E-state index in [2.05, 4.69) is 64.4 Å². The highest BCUT2D eigenvalue weighted by Gasteiger charge is 2.23. The van der Waals surface area contributed by atoms with Crippen molar-refractivity contribution >= 4 is 16.8 Å². The topological polar surface area (TPSA) is 46.5 Å². The van der Waals surface area contributed by atoms with Gasteiger partial charge in [0.25, 0.3) is 0 Å². The molecule has 0 spiro atoms. The summed E-state index contributed by atoms with van der Waals surface area (Å²) in [6.45, 7) is 3.90. The molecule has 2 heterocycles. The average molecular weight is 468 g/mol. The lowest BCUT2D eigenvalue weighted by Gasteiger charge is -2.19. The van der Waals surface area contributed by atoms with Gasteiger partial charge in [0, 0.05) is 49.6 Å². The number of hydrogen-bond acceptors (Lipinski definition) is 3. The molecule has 0 bridgehead atoms. The van der Waals surface area contributed by atoms with E-state index in [1.54, 1.807) is 0 Å². The van der Waals surface area contributed by atoms with Crippen LogP contribution in [-0.4, -0.2) is 41.6 Å². The summed E-state index contributed by atoms with van der Waals surface area (Å²) in [4.78, 5) is 15.5. The summed E-state index contributed by atoms with van der Waals surface area (Å²) in [5, 5.41) is 4.35. The predicted molar refractivity (Wildman–Crippen MR) is 141 cm³/mol. The van der Waals surface area contributed by atoms with Crippen LogP contribution < -0.4 is 10.1 Å². The van der Waals surface area contributed by atoms with Gasteiger partial charge in [0.2, 0.25) is 5.91 Å². The molecular formula is C30H33N3O2. The zero-order valence-corrected chi connectivity index (χ0v) is 20.3. The quantitative estimate of drug-likeness (QED) is 0.343. The molecule has 4 aromatic rings. The van der Waals surface area contributed by atoms with Gasteiger partial charge in [0.1, 0.15) is 11.5 Å². The molecular weight excluding hydrogens is 434 g/mol. The zero-order chi connectivity index (χ0) is 24.0. The largest absolute Gasteiger partial charge is 0.457 e. The van der Waals surface area contributed by atoms with E-state index in [9.17, 15) is 4.79 Å². The smallest absolute Gasteiger partial charge is 0.220 e. The van der Waals surface area contributed by atoms with E-state index in [1.807, 2.05) is 42.5 Å². The van der Waals surface area contributed by atoms with Gasteiger partial charge in [-0.2, -0.15) is 0 Å². The van der Waals surface area contributed by atoms with E-state index < -0.39 is 0 Å². The van der Waals surface area contributed by atoms with Crippen LogP contribution in [0.2, 0.25) is 0 Å². The molecule has 1 aliphatic rings. The molecule has 1 saturated heterocycles. The highest BCUT2D eigenvalue weighted by molar-refractivity contribution is 5.86. The predicted octanol–water partition coefficient (Wildman–Crippen LogP) is 5.70. The molecule has 3 aromatic carbocycles. The van der Waals surface area contributed by atoms with E-state index in [4.69, 9.17) is 4.74 Å². The van der Waals surface area contributed by atoms with Gasteiger partial charge in [-0.15, -0.1) is 0 Å². The first-order valence-electron chi connectivity index (χ1n) is 12.5. The number of nitrogens with one attached hydrogen (secondary N) is 1. The Morgan fingerprint density at radius 1 is 0.943 bits per heavy atom. The Morgan fingerprint density at radius 3 is 2.51 bits per heavy atom. The molecule has 1 aromatic heterocycles. The Balaban J connectivity index is 1.41. The van der Waals surface area contributed by atoms with E-state index in [1.165, 1.54) is 23.7 Å². The summed E-state index contributed by atoms with van der Waals surface area (Å²) in [6, 6.07) is 26.3. The Bertz CT molecular complexity index is 1280. The van der Waals surface area contributed by atoms with Gasteiger partial charge in [-0.05, 0) is 67.4 Å². The Kier molecular flexibility index (Phi) is 7.15. The first kappa shape index (κ1) is 23.2. The van der Waals surface area contributed by atoms with Crippen molar-refractivity contribution in [3.63, 3.8) is 0 Å². The SMILES string of the molecule is Cn1cc([C@H](CC(=O)NCCN2CCCC2)c2cccc(Oc3ccccc3)c2)c2ccccc21. The lowest BCUT2D eigenvalue weighted by Crippen LogP contribution is -2.34. The maximum absolute atomic E-state index is 13.1. The monoisotopic (exact) mass is 467 g/mol. The van der Waals surface area contributed by atoms with Crippen LogP contribution in [0.25, 0.3) is 10.9 Å². The minimum atomic E-state index is -0.0767. The normalized spacial score (nSPS) is 14.8. The molecule has 1 amide bonds. The molecule has 180 valence electrons. The molecule has 35 heavy (non-hydrogen) atoms. The summed E-state index contributed by atoms with van der Waals surface area (Å²) >= 11 is 0. The van der Waals surface area contributed by atoms with Crippen LogP contribution in [0, 0.1) is 0 Å². The molecule has 0 radical (unpaired) electrons. The van der Waals surface area contributed by atoms with Crippen molar-refractivity contribution in [2.75, 3.05) is 26.2 Å². The number of carbonyl (C=O) groups excluding carboxylic acids is 1. The number of carbonyl (C=O) groups is 1. The number of likely N-dealkylation sites (tertiary alicyclic amines) is 1. The number of nitrogens with zero attached hydrogens (tertiary/aromatic N) is 2. The van der Waals surface area contributed by atoms with Crippen molar-refractivity contribution in [1.82, 2.24) is 14.8 Å². The minimum absolute atomic E-state index is 0.0767. The second-order valence-corrected chi connectivity index (χ2v) is 9.36. The van der Waals surface area contributed by atoms with E-state index in [0.29, 0.717) is 13.0 Å². The number of rotatable bonds is 9. The molecule has 5 rings (SSSR count). The number of aromatic nitrogens is 1. The van der Waals surface area contributed by atoms with Gasteiger partial charge in [-0.1, -0.05) is 48.5 Å². The van der Waals surface area contributed by atoms with E-state index in [-0.39, 0.29) is 11.8 Å². The summed E-state index contributed by atoms with van der Waals surface area (Å²) in [7, 11) is 2.06. The Hall–Kier alpha value is -3.57. The van der Waals surface area contributed by atoms with E-state index in [0.717, 1.165) is 42.3 Å². The summed E-state index contributed by atoms with van der Waals surface area (Å²) in [5.74, 6) is 1.57. The van der Waals surface area contributed by atoms with Crippen LogP contribution in [0.4, 0.5) is 0 Å². The fourth-order valence-corrected chi connectivity index (χ4v) is 5.09. The minimum Gasteiger partial charge on any atom is -0.457 e.